The zero-order valence-electron chi connectivity index (χ0n) is 13.3. The lowest BCUT2D eigenvalue weighted by molar-refractivity contribution is -0.141. The molecule has 0 aliphatic heterocycles. The number of aromatic amines is 1. The number of hydrogen-bond acceptors (Lipinski definition) is 6. The molecule has 5 rings (SSSR count). The van der Waals surface area contributed by atoms with Gasteiger partial charge < -0.3 is 0 Å². The molecule has 27 heavy (non-hydrogen) atoms. The van der Waals surface area contributed by atoms with Gasteiger partial charge in [-0.05, 0) is 34.5 Å². The van der Waals surface area contributed by atoms with Crippen molar-refractivity contribution in [2.24, 2.45) is 0 Å². The van der Waals surface area contributed by atoms with E-state index in [1.54, 1.807) is 13.1 Å². The lowest BCUT2D eigenvalue weighted by atomic mass is 10.1. The molecule has 136 valence electrons. The zero-order chi connectivity index (χ0) is 18.9. The van der Waals surface area contributed by atoms with E-state index < -0.39 is 11.9 Å². The molecule has 0 bridgehead atoms. The Bertz CT molecular complexity index is 1350. The van der Waals surface area contributed by atoms with E-state index in [0.717, 1.165) is 17.4 Å². The van der Waals surface area contributed by atoms with Crippen LogP contribution in [0.2, 0.25) is 0 Å². The van der Waals surface area contributed by atoms with Gasteiger partial charge in [-0.25, -0.2) is 19.5 Å². The van der Waals surface area contributed by atoms with Crippen molar-refractivity contribution in [2.75, 3.05) is 0 Å². The minimum Gasteiger partial charge on any atom is -0.273 e. The van der Waals surface area contributed by atoms with Crippen molar-refractivity contribution >= 4 is 53.3 Å². The normalized spacial score (nSPS) is 12.6. The molecule has 0 saturated carbocycles. The smallest absolute Gasteiger partial charge is 0.273 e. The minimum atomic E-state index is -4.51. The molecule has 5 aromatic heterocycles. The first-order valence-electron chi connectivity index (χ1n) is 7.54. The Balaban J connectivity index is 1.83. The number of alkyl halides is 3. The number of aromatic nitrogens is 7. The van der Waals surface area contributed by atoms with Gasteiger partial charge in [0.1, 0.15) is 27.2 Å². The Labute approximate surface area is 160 Å². The van der Waals surface area contributed by atoms with E-state index >= 15 is 0 Å². The van der Waals surface area contributed by atoms with Crippen LogP contribution < -0.4 is 0 Å². The number of H-pyrrole nitrogens is 1. The van der Waals surface area contributed by atoms with Crippen molar-refractivity contribution in [3.05, 3.63) is 34.3 Å². The van der Waals surface area contributed by atoms with Crippen LogP contribution in [0.25, 0.3) is 37.6 Å². The molecule has 0 amide bonds. The minimum absolute atomic E-state index is 0.269. The van der Waals surface area contributed by atoms with Crippen LogP contribution in [0.5, 0.6) is 0 Å². The Morgan fingerprint density at radius 3 is 2.78 bits per heavy atom. The first kappa shape index (κ1) is 16.6. The van der Waals surface area contributed by atoms with Gasteiger partial charge in [-0.15, -0.1) is 16.4 Å². The van der Waals surface area contributed by atoms with E-state index in [9.17, 15) is 13.2 Å². The van der Waals surface area contributed by atoms with Crippen LogP contribution in [0.3, 0.4) is 0 Å². The molecule has 7 nitrogen and oxygen atoms in total. The van der Waals surface area contributed by atoms with Gasteiger partial charge in [0.2, 0.25) is 5.82 Å². The van der Waals surface area contributed by atoms with Crippen molar-refractivity contribution in [1.29, 1.82) is 0 Å². The lowest BCUT2D eigenvalue weighted by Crippen LogP contribution is -2.07. The predicted octanol–water partition coefficient (Wildman–Crippen LogP) is 4.37. The molecule has 5 heterocycles. The molecule has 12 heteroatoms. The summed E-state index contributed by atoms with van der Waals surface area (Å²) in [5.74, 6) is 0.395. The van der Waals surface area contributed by atoms with Crippen molar-refractivity contribution in [3.8, 4) is 11.5 Å². The third kappa shape index (κ3) is 2.43. The first-order valence-corrected chi connectivity index (χ1v) is 9.15. The van der Waals surface area contributed by atoms with E-state index in [1.807, 2.05) is 0 Å². The number of aryl methyl sites for hydroxylation is 1. The van der Waals surface area contributed by atoms with Gasteiger partial charge in [0.05, 0.1) is 16.2 Å². The lowest BCUT2D eigenvalue weighted by Gasteiger charge is -2.06. The maximum Gasteiger partial charge on any atom is 0.433 e. The number of hydrogen-bond donors (Lipinski definition) is 1. The summed E-state index contributed by atoms with van der Waals surface area (Å²) in [5.41, 5.74) is 1.20. The van der Waals surface area contributed by atoms with Crippen molar-refractivity contribution < 1.29 is 13.2 Å². The fourth-order valence-corrected chi connectivity index (χ4v) is 4.44. The summed E-state index contributed by atoms with van der Waals surface area (Å²) in [6.07, 6.45) is -1.44. The molecule has 0 radical (unpaired) electrons. The SMILES string of the molecule is Cc1cc(C(F)(F)F)nc2sc3c(ncn4nc(-c5[nH]ncc5Br)nc34)c12. The fraction of sp³-hybridized carbons (Fsp3) is 0.133. The number of halogens is 4. The highest BCUT2D eigenvalue weighted by Crippen LogP contribution is 2.38. The zero-order valence-corrected chi connectivity index (χ0v) is 15.7. The molecule has 0 atom stereocenters. The van der Waals surface area contributed by atoms with E-state index in [0.29, 0.717) is 42.8 Å². The molecule has 0 aliphatic carbocycles. The van der Waals surface area contributed by atoms with Gasteiger partial charge >= 0.3 is 6.18 Å². The molecule has 0 aromatic carbocycles. The average Bonchev–Trinajstić information content (AvgIpc) is 3.28. The Hall–Kier alpha value is -2.60. The van der Waals surface area contributed by atoms with Gasteiger partial charge in [0, 0.05) is 5.39 Å². The highest BCUT2D eigenvalue weighted by molar-refractivity contribution is 9.10. The fourth-order valence-electron chi connectivity index (χ4n) is 2.89. The summed E-state index contributed by atoms with van der Waals surface area (Å²) in [4.78, 5) is 13.0. The molecule has 5 aromatic rings. The van der Waals surface area contributed by atoms with Crippen LogP contribution in [0.15, 0.2) is 23.1 Å². The third-order valence-electron chi connectivity index (χ3n) is 4.07. The number of nitrogens with one attached hydrogen (secondary N) is 1. The van der Waals surface area contributed by atoms with Crippen molar-refractivity contribution in [1.82, 2.24) is 34.8 Å². The molecular formula is C15H7BrF3N7S. The van der Waals surface area contributed by atoms with E-state index in [-0.39, 0.29) is 4.83 Å². The largest absolute Gasteiger partial charge is 0.433 e. The number of pyridine rings is 1. The van der Waals surface area contributed by atoms with Gasteiger partial charge in [-0.2, -0.15) is 18.3 Å². The molecule has 0 fully saturated rings. The van der Waals surface area contributed by atoms with Crippen LogP contribution in [-0.2, 0) is 6.18 Å². The second-order valence-electron chi connectivity index (χ2n) is 5.82. The standard InChI is InChI=1S/C15H7BrF3N7S/c1-5-2-7(15(17,18)19)22-14-8(5)10-11(27-14)13-23-12(25-26(13)4-20-10)9-6(16)3-21-24-9/h2-4H,1H3,(H,21,24). The summed E-state index contributed by atoms with van der Waals surface area (Å²) in [5, 5.41) is 11.7. The summed E-state index contributed by atoms with van der Waals surface area (Å²) >= 11 is 4.48. The first-order chi connectivity index (χ1) is 12.8. The third-order valence-corrected chi connectivity index (χ3v) is 5.74. The van der Waals surface area contributed by atoms with E-state index in [2.05, 4.69) is 46.2 Å². The van der Waals surface area contributed by atoms with Gasteiger partial charge in [0.25, 0.3) is 0 Å². The molecule has 0 unspecified atom stereocenters. The maximum atomic E-state index is 13.1. The van der Waals surface area contributed by atoms with E-state index in [4.69, 9.17) is 0 Å². The number of nitrogens with zero attached hydrogens (tertiary/aromatic N) is 6. The Morgan fingerprint density at radius 2 is 2.07 bits per heavy atom. The number of thiophene rings is 1. The molecule has 1 N–H and O–H groups in total. The maximum absolute atomic E-state index is 13.1. The topological polar surface area (TPSA) is 84.6 Å². The van der Waals surface area contributed by atoms with Crippen LogP contribution in [0, 0.1) is 6.92 Å². The molecule has 0 spiro atoms. The second-order valence-corrected chi connectivity index (χ2v) is 7.68. The van der Waals surface area contributed by atoms with Gasteiger partial charge in [-0.3, -0.25) is 5.10 Å². The highest BCUT2D eigenvalue weighted by Gasteiger charge is 2.33. The van der Waals surface area contributed by atoms with Gasteiger partial charge in [-0.1, -0.05) is 0 Å². The van der Waals surface area contributed by atoms with Crippen molar-refractivity contribution in [2.45, 2.75) is 13.1 Å². The molecule has 0 aliphatic rings. The van der Waals surface area contributed by atoms with Gasteiger partial charge in [0.15, 0.2) is 5.65 Å². The summed E-state index contributed by atoms with van der Waals surface area (Å²) < 4.78 is 42.1. The summed E-state index contributed by atoms with van der Waals surface area (Å²) in [6, 6.07) is 1.04. The number of rotatable bonds is 1. The molecule has 0 saturated heterocycles. The van der Waals surface area contributed by atoms with Crippen LogP contribution in [0.1, 0.15) is 11.3 Å². The van der Waals surface area contributed by atoms with Crippen LogP contribution in [-0.4, -0.2) is 34.8 Å². The second kappa shape index (κ2) is 5.45. The van der Waals surface area contributed by atoms with Crippen molar-refractivity contribution in [3.63, 3.8) is 0 Å². The average molecular weight is 454 g/mol. The Morgan fingerprint density at radius 1 is 1.26 bits per heavy atom. The van der Waals surface area contributed by atoms with Crippen LogP contribution >= 0.6 is 27.3 Å². The predicted molar refractivity (Wildman–Crippen MR) is 96.5 cm³/mol. The van der Waals surface area contributed by atoms with Crippen LogP contribution in [0.4, 0.5) is 13.2 Å². The molecular weight excluding hydrogens is 447 g/mol. The summed E-state index contributed by atoms with van der Waals surface area (Å²) in [6.45, 7) is 1.62. The monoisotopic (exact) mass is 453 g/mol. The highest BCUT2D eigenvalue weighted by atomic mass is 79.9. The quantitative estimate of drug-likeness (QED) is 0.407. The Kier molecular flexibility index (Phi) is 3.35. The summed E-state index contributed by atoms with van der Waals surface area (Å²) in [7, 11) is 0. The van der Waals surface area contributed by atoms with E-state index in [1.165, 1.54) is 10.8 Å². The number of fused-ring (bicyclic) bond motifs is 5.